The Kier molecular flexibility index (Phi) is 8.32. The van der Waals surface area contributed by atoms with Gasteiger partial charge in [0.05, 0.1) is 13.1 Å². The number of hydrogen-bond acceptors (Lipinski definition) is 5. The third-order valence-electron chi connectivity index (χ3n) is 6.96. The van der Waals surface area contributed by atoms with Crippen LogP contribution in [0, 0.1) is 13.8 Å². The predicted octanol–water partition coefficient (Wildman–Crippen LogP) is 2.25. The normalized spacial score (nSPS) is 19.8. The van der Waals surface area contributed by atoms with Crippen molar-refractivity contribution in [2.45, 2.75) is 32.9 Å². The first-order valence-corrected chi connectivity index (χ1v) is 12.3. The summed E-state index contributed by atoms with van der Waals surface area (Å²) >= 11 is 0. The first-order valence-electron chi connectivity index (χ1n) is 12.3. The van der Waals surface area contributed by atoms with Gasteiger partial charge in [-0.1, -0.05) is 42.5 Å². The summed E-state index contributed by atoms with van der Waals surface area (Å²) in [6, 6.07) is 16.7. The van der Waals surface area contributed by atoms with Crippen molar-refractivity contribution in [3.63, 3.8) is 0 Å². The molecule has 2 aliphatic heterocycles. The van der Waals surface area contributed by atoms with Gasteiger partial charge in [0.1, 0.15) is 0 Å². The second kappa shape index (κ2) is 11.6. The van der Waals surface area contributed by atoms with Crippen molar-refractivity contribution in [2.24, 2.45) is 0 Å². The van der Waals surface area contributed by atoms with Crippen LogP contribution in [-0.4, -0.2) is 84.9 Å². The van der Waals surface area contributed by atoms with E-state index in [4.69, 9.17) is 0 Å². The molecule has 2 N–H and O–H groups in total. The van der Waals surface area contributed by atoms with E-state index in [1.54, 1.807) is 0 Å². The molecule has 0 bridgehead atoms. The number of carbonyl (C=O) groups excluding carboxylic acids is 2. The molecule has 4 rings (SSSR count). The summed E-state index contributed by atoms with van der Waals surface area (Å²) in [6.07, 6.45) is 1.00. The van der Waals surface area contributed by atoms with E-state index in [1.165, 1.54) is 11.1 Å². The van der Waals surface area contributed by atoms with Crippen molar-refractivity contribution in [3.8, 4) is 0 Å². The largest absolute Gasteiger partial charge is 0.351 e. The van der Waals surface area contributed by atoms with Crippen molar-refractivity contribution in [3.05, 3.63) is 65.2 Å². The van der Waals surface area contributed by atoms with Crippen molar-refractivity contribution in [2.75, 3.05) is 57.7 Å². The zero-order chi connectivity index (χ0) is 23.9. The SMILES string of the molecule is Cc1cccc(NC(=O)CN2CCN(CC(=O)N[C@@H]3CCN(Cc4ccccc4)C3)CC2)c1C. The van der Waals surface area contributed by atoms with E-state index in [0.29, 0.717) is 13.1 Å². The molecule has 0 saturated carbocycles. The Morgan fingerprint density at radius 2 is 1.50 bits per heavy atom. The molecule has 7 nitrogen and oxygen atoms in total. The quantitative estimate of drug-likeness (QED) is 0.629. The Morgan fingerprint density at radius 3 is 2.21 bits per heavy atom. The van der Waals surface area contributed by atoms with Crippen LogP contribution >= 0.6 is 0 Å². The molecule has 0 aliphatic carbocycles. The standard InChI is InChI=1S/C27H37N5O2/c1-21-7-6-10-25(22(21)2)29-27(34)20-31-15-13-30(14-16-31)19-26(33)28-24-11-12-32(18-24)17-23-8-4-3-5-9-23/h3-10,24H,11-20H2,1-2H3,(H,28,33)(H,29,34)/t24-/m1/s1. The van der Waals surface area contributed by atoms with Gasteiger partial charge in [0.2, 0.25) is 11.8 Å². The van der Waals surface area contributed by atoms with Crippen LogP contribution in [0.5, 0.6) is 0 Å². The Morgan fingerprint density at radius 1 is 0.824 bits per heavy atom. The summed E-state index contributed by atoms with van der Waals surface area (Å²) < 4.78 is 0. The maximum absolute atomic E-state index is 12.6. The van der Waals surface area contributed by atoms with Gasteiger partial charge >= 0.3 is 0 Å². The fourth-order valence-corrected chi connectivity index (χ4v) is 4.80. The molecule has 2 aromatic carbocycles. The number of carbonyl (C=O) groups is 2. The Bertz CT molecular complexity index is 972. The van der Waals surface area contributed by atoms with Gasteiger partial charge in [-0.25, -0.2) is 0 Å². The molecule has 7 heteroatoms. The molecule has 2 fully saturated rings. The van der Waals surface area contributed by atoms with Gasteiger partial charge in [0.25, 0.3) is 0 Å². The predicted molar refractivity (Wildman–Crippen MR) is 136 cm³/mol. The number of benzene rings is 2. The van der Waals surface area contributed by atoms with Crippen LogP contribution in [0.25, 0.3) is 0 Å². The molecular weight excluding hydrogens is 426 g/mol. The molecule has 0 radical (unpaired) electrons. The van der Waals surface area contributed by atoms with Gasteiger partial charge in [-0.3, -0.25) is 24.3 Å². The molecule has 34 heavy (non-hydrogen) atoms. The number of aryl methyl sites for hydroxylation is 1. The number of nitrogens with zero attached hydrogens (tertiary/aromatic N) is 3. The Hall–Kier alpha value is -2.74. The lowest BCUT2D eigenvalue weighted by molar-refractivity contribution is -0.124. The zero-order valence-electron chi connectivity index (χ0n) is 20.4. The molecule has 2 saturated heterocycles. The lowest BCUT2D eigenvalue weighted by atomic mass is 10.1. The number of nitrogens with one attached hydrogen (secondary N) is 2. The maximum atomic E-state index is 12.6. The highest BCUT2D eigenvalue weighted by molar-refractivity contribution is 5.93. The average molecular weight is 464 g/mol. The fraction of sp³-hybridized carbons (Fsp3) is 0.481. The first-order chi connectivity index (χ1) is 16.5. The average Bonchev–Trinajstić information content (AvgIpc) is 3.25. The number of rotatable bonds is 8. The van der Waals surface area contributed by atoms with Gasteiger partial charge in [-0.05, 0) is 43.0 Å². The molecule has 2 heterocycles. The van der Waals surface area contributed by atoms with Gasteiger partial charge < -0.3 is 10.6 Å². The number of hydrogen-bond donors (Lipinski definition) is 2. The molecule has 0 aromatic heterocycles. The van der Waals surface area contributed by atoms with E-state index in [2.05, 4.69) is 49.6 Å². The van der Waals surface area contributed by atoms with E-state index in [0.717, 1.165) is 63.5 Å². The van der Waals surface area contributed by atoms with Crippen LogP contribution in [0.2, 0.25) is 0 Å². The summed E-state index contributed by atoms with van der Waals surface area (Å²) in [7, 11) is 0. The lowest BCUT2D eigenvalue weighted by Crippen LogP contribution is -2.52. The highest BCUT2D eigenvalue weighted by Gasteiger charge is 2.26. The number of piperazine rings is 1. The topological polar surface area (TPSA) is 67.9 Å². The van der Waals surface area contributed by atoms with Crippen LogP contribution in [0.15, 0.2) is 48.5 Å². The summed E-state index contributed by atoms with van der Waals surface area (Å²) in [5, 5.41) is 6.26. The van der Waals surface area contributed by atoms with Crippen molar-refractivity contribution in [1.82, 2.24) is 20.0 Å². The number of amides is 2. The highest BCUT2D eigenvalue weighted by atomic mass is 16.2. The monoisotopic (exact) mass is 463 g/mol. The molecule has 1 atom stereocenters. The maximum Gasteiger partial charge on any atom is 0.238 e. The van der Waals surface area contributed by atoms with E-state index in [9.17, 15) is 9.59 Å². The van der Waals surface area contributed by atoms with Crippen LogP contribution in [0.4, 0.5) is 5.69 Å². The molecular formula is C27H37N5O2. The van der Waals surface area contributed by atoms with Gasteiger partial charge in [0.15, 0.2) is 0 Å². The van der Waals surface area contributed by atoms with Crippen LogP contribution in [0.1, 0.15) is 23.1 Å². The van der Waals surface area contributed by atoms with Crippen molar-refractivity contribution >= 4 is 17.5 Å². The third-order valence-corrected chi connectivity index (χ3v) is 6.96. The van der Waals surface area contributed by atoms with Crippen molar-refractivity contribution in [1.29, 1.82) is 0 Å². The lowest BCUT2D eigenvalue weighted by Gasteiger charge is -2.34. The smallest absolute Gasteiger partial charge is 0.238 e. The molecule has 2 aromatic rings. The second-order valence-electron chi connectivity index (χ2n) is 9.62. The summed E-state index contributed by atoms with van der Waals surface area (Å²) in [4.78, 5) is 31.9. The van der Waals surface area contributed by atoms with E-state index < -0.39 is 0 Å². The minimum Gasteiger partial charge on any atom is -0.351 e. The molecule has 182 valence electrons. The number of likely N-dealkylation sites (tertiary alicyclic amines) is 1. The van der Waals surface area contributed by atoms with Crippen LogP contribution in [0.3, 0.4) is 0 Å². The minimum absolute atomic E-state index is 0.0150. The third kappa shape index (κ3) is 6.88. The molecule has 0 unspecified atom stereocenters. The summed E-state index contributed by atoms with van der Waals surface area (Å²) in [5.41, 5.74) is 4.48. The summed E-state index contributed by atoms with van der Waals surface area (Å²) in [5.74, 6) is 0.119. The highest BCUT2D eigenvalue weighted by Crippen LogP contribution is 2.18. The Labute approximate surface area is 203 Å². The fourth-order valence-electron chi connectivity index (χ4n) is 4.80. The molecule has 2 aliphatic rings. The zero-order valence-corrected chi connectivity index (χ0v) is 20.4. The van der Waals surface area contributed by atoms with Crippen LogP contribution in [-0.2, 0) is 16.1 Å². The van der Waals surface area contributed by atoms with Gasteiger partial charge in [-0.15, -0.1) is 0 Å². The molecule has 2 amide bonds. The van der Waals surface area contributed by atoms with E-state index in [1.807, 2.05) is 38.1 Å². The first kappa shape index (κ1) is 24.4. The Balaban J connectivity index is 1.13. The molecule has 0 spiro atoms. The van der Waals surface area contributed by atoms with Gasteiger partial charge in [-0.2, -0.15) is 0 Å². The minimum atomic E-state index is 0.0150. The van der Waals surface area contributed by atoms with Crippen LogP contribution < -0.4 is 10.6 Å². The van der Waals surface area contributed by atoms with E-state index in [-0.39, 0.29) is 17.9 Å². The van der Waals surface area contributed by atoms with Gasteiger partial charge in [0, 0.05) is 57.5 Å². The van der Waals surface area contributed by atoms with E-state index >= 15 is 0 Å². The summed E-state index contributed by atoms with van der Waals surface area (Å²) in [6.45, 7) is 10.9. The number of anilines is 1. The van der Waals surface area contributed by atoms with Crippen molar-refractivity contribution < 1.29 is 9.59 Å². The second-order valence-corrected chi connectivity index (χ2v) is 9.62.